The van der Waals surface area contributed by atoms with Gasteiger partial charge in [-0.05, 0) is 58.6 Å². The fourth-order valence-corrected chi connectivity index (χ4v) is 6.59. The molecule has 2 aliphatic rings. The first-order valence-corrected chi connectivity index (χ1v) is 15.5. The summed E-state index contributed by atoms with van der Waals surface area (Å²) in [5.41, 5.74) is 7.39. The number of rotatable bonds is 7. The van der Waals surface area contributed by atoms with Crippen molar-refractivity contribution in [1.29, 1.82) is 0 Å². The molecule has 5 rings (SSSR count). The number of nitrogens with two attached hydrogens (primary N) is 1. The lowest BCUT2D eigenvalue weighted by Crippen LogP contribution is -2.58. The Morgan fingerprint density at radius 1 is 1.05 bits per heavy atom. The highest BCUT2D eigenvalue weighted by Crippen LogP contribution is 2.42. The number of amides is 2. The smallest absolute Gasteiger partial charge is 0.410 e. The third-order valence-electron chi connectivity index (χ3n) is 8.62. The van der Waals surface area contributed by atoms with Crippen LogP contribution in [0.15, 0.2) is 67.0 Å². The molecule has 9 nitrogen and oxygen atoms in total. The Morgan fingerprint density at radius 3 is 2.42 bits per heavy atom. The van der Waals surface area contributed by atoms with E-state index in [1.165, 1.54) is 0 Å². The number of hydrogen-bond acceptors (Lipinski definition) is 6. The van der Waals surface area contributed by atoms with Crippen LogP contribution in [-0.2, 0) is 11.2 Å². The van der Waals surface area contributed by atoms with E-state index in [9.17, 15) is 14.7 Å². The molecule has 1 saturated carbocycles. The summed E-state index contributed by atoms with van der Waals surface area (Å²) in [6, 6.07) is 19.3. The van der Waals surface area contributed by atoms with E-state index < -0.39 is 11.2 Å². The molecule has 3 N–H and O–H groups in total. The Hall–Kier alpha value is -3.69. The molecule has 1 aromatic heterocycles. The number of carbonyl (C=O) groups is 2. The molecule has 3 aromatic rings. The number of carbonyl (C=O) groups excluding carboxylic acids is 2. The lowest BCUT2D eigenvalue weighted by atomic mass is 9.77. The molecule has 0 radical (unpaired) electrons. The van der Waals surface area contributed by atoms with Crippen LogP contribution in [0.5, 0.6) is 0 Å². The summed E-state index contributed by atoms with van der Waals surface area (Å²) in [5.74, 6) is -0.180. The van der Waals surface area contributed by atoms with Crippen LogP contribution in [0, 0.1) is 0 Å². The number of hydrogen-bond donors (Lipinski definition) is 2. The number of benzene rings is 2. The van der Waals surface area contributed by atoms with E-state index in [2.05, 4.69) is 0 Å². The van der Waals surface area contributed by atoms with Gasteiger partial charge in [-0.2, -0.15) is 0 Å². The van der Waals surface area contributed by atoms with E-state index in [1.54, 1.807) is 11.2 Å². The van der Waals surface area contributed by atoms with Crippen LogP contribution in [-0.4, -0.2) is 79.9 Å². The first kappa shape index (κ1) is 30.8. The van der Waals surface area contributed by atoms with E-state index >= 15 is 0 Å². The van der Waals surface area contributed by atoms with Gasteiger partial charge in [0.05, 0.1) is 29.7 Å². The third kappa shape index (κ3) is 6.94. The molecule has 1 unspecified atom stereocenters. The topological polar surface area (TPSA) is 114 Å². The zero-order valence-electron chi connectivity index (χ0n) is 25.6. The monoisotopic (exact) mass is 587 g/mol. The molecule has 3 atom stereocenters. The molecular weight excluding hydrogens is 542 g/mol. The van der Waals surface area contributed by atoms with Crippen LogP contribution in [0.2, 0.25) is 0 Å². The molecule has 1 aliphatic heterocycles. The molecule has 2 heterocycles. The van der Waals surface area contributed by atoms with E-state index in [0.717, 1.165) is 30.4 Å². The maximum absolute atomic E-state index is 14.5. The van der Waals surface area contributed by atoms with Gasteiger partial charge in [0.2, 0.25) is 0 Å². The number of nitrogens with zero attached hydrogens (tertiary/aromatic N) is 4. The normalized spacial score (nSPS) is 22.8. The lowest BCUT2D eigenvalue weighted by molar-refractivity contribution is -0.0457. The Labute approximate surface area is 254 Å². The number of imidazole rings is 1. The van der Waals surface area contributed by atoms with Gasteiger partial charge in [0.15, 0.2) is 5.69 Å². The van der Waals surface area contributed by atoms with Crippen molar-refractivity contribution in [3.8, 4) is 11.3 Å². The summed E-state index contributed by atoms with van der Waals surface area (Å²) in [6.45, 7) is 7.04. The second-order valence-electron chi connectivity index (χ2n) is 12.9. The van der Waals surface area contributed by atoms with Gasteiger partial charge in [0.25, 0.3) is 5.91 Å². The average molecular weight is 588 g/mol. The molecule has 9 heteroatoms. The molecular formula is C34H45N5O4. The highest BCUT2D eigenvalue weighted by molar-refractivity contribution is 5.98. The van der Waals surface area contributed by atoms with Gasteiger partial charge < -0.3 is 29.9 Å². The number of piperazine rings is 1. The van der Waals surface area contributed by atoms with Crippen molar-refractivity contribution >= 4 is 12.0 Å². The number of ether oxygens (including phenoxy) is 1. The average Bonchev–Trinajstić information content (AvgIpc) is 3.42. The maximum atomic E-state index is 14.5. The van der Waals surface area contributed by atoms with E-state index in [4.69, 9.17) is 15.5 Å². The van der Waals surface area contributed by atoms with Crippen LogP contribution in [0.25, 0.3) is 11.3 Å². The van der Waals surface area contributed by atoms with Gasteiger partial charge in [-0.3, -0.25) is 4.79 Å². The summed E-state index contributed by atoms with van der Waals surface area (Å²) in [4.78, 5) is 35.9. The fourth-order valence-electron chi connectivity index (χ4n) is 6.59. The van der Waals surface area contributed by atoms with Crippen molar-refractivity contribution in [3.05, 3.63) is 78.2 Å². The molecule has 0 spiro atoms. The Morgan fingerprint density at radius 2 is 1.74 bits per heavy atom. The molecule has 230 valence electrons. The van der Waals surface area contributed by atoms with Crippen LogP contribution >= 0.6 is 0 Å². The van der Waals surface area contributed by atoms with E-state index in [1.807, 2.05) is 90.9 Å². The maximum Gasteiger partial charge on any atom is 0.410 e. The number of aromatic nitrogens is 2. The van der Waals surface area contributed by atoms with Gasteiger partial charge in [0, 0.05) is 25.2 Å². The summed E-state index contributed by atoms with van der Waals surface area (Å²) in [7, 11) is 0. The summed E-state index contributed by atoms with van der Waals surface area (Å²) >= 11 is 0. The fraction of sp³-hybridized carbons (Fsp3) is 0.500. The van der Waals surface area contributed by atoms with Gasteiger partial charge in [-0.1, -0.05) is 73.5 Å². The van der Waals surface area contributed by atoms with Gasteiger partial charge in [0.1, 0.15) is 5.60 Å². The standard InChI is InChI=1S/C34H45N5O4/c1-33(2,3)43-32(41)37-20-21-38(27(23-37)22-25-12-6-4-7-13-25)31(40)29-30(26-14-8-5-9-15-26)39(24-36-29)28-16-10-11-17-34(28,42)18-19-35/h4-9,12-15,24,27-28,42H,10-11,16-23,35H2,1-3H3/t27-,28+,34?/m1/s1. The highest BCUT2D eigenvalue weighted by Gasteiger charge is 2.42. The molecule has 2 fully saturated rings. The second kappa shape index (κ2) is 12.9. The summed E-state index contributed by atoms with van der Waals surface area (Å²) < 4.78 is 7.69. The largest absolute Gasteiger partial charge is 0.444 e. The summed E-state index contributed by atoms with van der Waals surface area (Å²) in [6.07, 6.45) is 5.79. The molecule has 2 amide bonds. The minimum absolute atomic E-state index is 0.180. The Kier molecular flexibility index (Phi) is 9.22. The zero-order chi connectivity index (χ0) is 30.6. The lowest BCUT2D eigenvalue weighted by Gasteiger charge is -2.42. The predicted octanol–water partition coefficient (Wildman–Crippen LogP) is 5.05. The third-order valence-corrected chi connectivity index (χ3v) is 8.62. The molecule has 0 bridgehead atoms. The molecule has 43 heavy (non-hydrogen) atoms. The van der Waals surface area contributed by atoms with Crippen LogP contribution < -0.4 is 5.73 Å². The first-order valence-electron chi connectivity index (χ1n) is 15.5. The molecule has 2 aromatic carbocycles. The molecule has 1 saturated heterocycles. The minimum atomic E-state index is -0.966. The first-order chi connectivity index (χ1) is 20.6. The quantitative estimate of drug-likeness (QED) is 0.400. The zero-order valence-corrected chi connectivity index (χ0v) is 25.6. The predicted molar refractivity (Wildman–Crippen MR) is 167 cm³/mol. The summed E-state index contributed by atoms with van der Waals surface area (Å²) in [5, 5.41) is 11.7. The van der Waals surface area contributed by atoms with Crippen LogP contribution in [0.1, 0.15) is 75.0 Å². The minimum Gasteiger partial charge on any atom is -0.444 e. The van der Waals surface area contributed by atoms with Crippen molar-refractivity contribution in [3.63, 3.8) is 0 Å². The van der Waals surface area contributed by atoms with Crippen molar-refractivity contribution < 1.29 is 19.4 Å². The molecule has 1 aliphatic carbocycles. The highest BCUT2D eigenvalue weighted by atomic mass is 16.6. The SMILES string of the molecule is CC(C)(C)OC(=O)N1CCN(C(=O)c2ncn([C@H]3CCCCC3(O)CCN)c2-c2ccccc2)[C@H](Cc2ccccc2)C1. The van der Waals surface area contributed by atoms with Crippen molar-refractivity contribution in [2.45, 2.75) is 82.6 Å². The van der Waals surface area contributed by atoms with Gasteiger partial charge >= 0.3 is 6.09 Å². The van der Waals surface area contributed by atoms with Gasteiger partial charge in [-0.15, -0.1) is 0 Å². The van der Waals surface area contributed by atoms with Crippen LogP contribution in [0.3, 0.4) is 0 Å². The Balaban J connectivity index is 1.51. The van der Waals surface area contributed by atoms with Crippen molar-refractivity contribution in [1.82, 2.24) is 19.4 Å². The second-order valence-corrected chi connectivity index (χ2v) is 12.9. The van der Waals surface area contributed by atoms with Crippen molar-refractivity contribution in [2.75, 3.05) is 26.2 Å². The van der Waals surface area contributed by atoms with Gasteiger partial charge in [-0.25, -0.2) is 9.78 Å². The Bertz CT molecular complexity index is 1380. The van der Waals surface area contributed by atoms with Crippen LogP contribution in [0.4, 0.5) is 4.79 Å². The van der Waals surface area contributed by atoms with Crippen molar-refractivity contribution in [2.24, 2.45) is 5.73 Å². The van der Waals surface area contributed by atoms with E-state index in [-0.39, 0.29) is 24.1 Å². The van der Waals surface area contributed by atoms with E-state index in [0.29, 0.717) is 56.8 Å². The number of aliphatic hydroxyl groups is 1.